The summed E-state index contributed by atoms with van der Waals surface area (Å²) >= 11 is 0. The number of nitrogens with one attached hydrogen (secondary N) is 1. The van der Waals surface area contributed by atoms with Gasteiger partial charge in [-0.05, 0) is 19.5 Å². The van der Waals surface area contributed by atoms with Crippen molar-refractivity contribution in [3.8, 4) is 0 Å². The molecule has 1 rings (SSSR count). The van der Waals surface area contributed by atoms with Crippen LogP contribution < -0.4 is 5.32 Å². The fraction of sp³-hybridized carbons (Fsp3) is 0.846. The van der Waals surface area contributed by atoms with Crippen molar-refractivity contribution in [3.05, 3.63) is 0 Å². The van der Waals surface area contributed by atoms with Gasteiger partial charge in [-0.15, -0.1) is 0 Å². The van der Waals surface area contributed by atoms with Gasteiger partial charge in [-0.1, -0.05) is 13.8 Å². The van der Waals surface area contributed by atoms with Crippen LogP contribution in [0.25, 0.3) is 0 Å². The number of carbonyl (C=O) groups excluding carboxylic acids is 1. The van der Waals surface area contributed by atoms with Gasteiger partial charge in [0.15, 0.2) is 0 Å². The van der Waals surface area contributed by atoms with Crippen LogP contribution in [0.15, 0.2) is 0 Å². The molecule has 1 heterocycles. The number of aliphatic hydroxyl groups is 1. The van der Waals surface area contributed by atoms with Crippen LogP contribution in [0.4, 0.5) is 4.79 Å². The molecule has 2 atom stereocenters. The molecule has 7 heteroatoms. The van der Waals surface area contributed by atoms with Gasteiger partial charge < -0.3 is 25.3 Å². The fourth-order valence-electron chi connectivity index (χ4n) is 2.60. The number of carbonyl (C=O) groups is 2. The molecule has 1 saturated heterocycles. The summed E-state index contributed by atoms with van der Waals surface area (Å²) in [5.74, 6) is -1.08. The molecule has 116 valence electrons. The topological polar surface area (TPSA) is 93.1 Å². The molecule has 0 aromatic rings. The van der Waals surface area contributed by atoms with Crippen molar-refractivity contribution in [2.75, 3.05) is 33.7 Å². The van der Waals surface area contributed by atoms with Crippen molar-refractivity contribution >= 4 is 12.0 Å². The number of amides is 2. The number of hydrogen-bond donors (Lipinski definition) is 3. The molecule has 0 aliphatic carbocycles. The third-order valence-electron chi connectivity index (χ3n) is 3.29. The molecule has 0 saturated carbocycles. The molecule has 7 nitrogen and oxygen atoms in total. The van der Waals surface area contributed by atoms with Crippen LogP contribution in [0.3, 0.4) is 0 Å². The Balaban J connectivity index is 2.56. The molecule has 0 radical (unpaired) electrons. The number of hydrogen-bond acceptors (Lipinski definition) is 4. The smallest absolute Gasteiger partial charge is 0.326 e. The third-order valence-corrected chi connectivity index (χ3v) is 3.29. The van der Waals surface area contributed by atoms with Crippen LogP contribution in [0.5, 0.6) is 0 Å². The predicted octanol–water partition coefficient (Wildman–Crippen LogP) is -0.196. The number of urea groups is 1. The fourth-order valence-corrected chi connectivity index (χ4v) is 2.60. The lowest BCUT2D eigenvalue weighted by molar-refractivity contribution is -0.141. The number of carboxylic acids is 1. The van der Waals surface area contributed by atoms with E-state index >= 15 is 0 Å². The summed E-state index contributed by atoms with van der Waals surface area (Å²) in [6.07, 6.45) is -0.680. The van der Waals surface area contributed by atoms with E-state index in [-0.39, 0.29) is 18.4 Å². The van der Waals surface area contributed by atoms with Gasteiger partial charge in [0.25, 0.3) is 0 Å². The van der Waals surface area contributed by atoms with E-state index in [0.29, 0.717) is 6.54 Å². The van der Waals surface area contributed by atoms with Crippen molar-refractivity contribution in [2.24, 2.45) is 5.41 Å². The summed E-state index contributed by atoms with van der Waals surface area (Å²) in [6, 6.07) is -1.37. The number of aliphatic hydroxyl groups excluding tert-OH is 1. The van der Waals surface area contributed by atoms with Gasteiger partial charge in [-0.2, -0.15) is 0 Å². The first-order chi connectivity index (χ1) is 9.12. The Morgan fingerprint density at radius 2 is 2.00 bits per heavy atom. The first kappa shape index (κ1) is 16.7. The average molecular weight is 287 g/mol. The van der Waals surface area contributed by atoms with E-state index < -0.39 is 24.1 Å². The quantitative estimate of drug-likeness (QED) is 0.651. The van der Waals surface area contributed by atoms with Crippen LogP contribution in [0, 0.1) is 5.41 Å². The zero-order chi connectivity index (χ0) is 15.5. The molecule has 0 spiro atoms. The average Bonchev–Trinajstić information content (AvgIpc) is 2.67. The first-order valence-corrected chi connectivity index (χ1v) is 6.72. The van der Waals surface area contributed by atoms with Crippen LogP contribution in [0.1, 0.15) is 20.3 Å². The van der Waals surface area contributed by atoms with E-state index in [2.05, 4.69) is 5.32 Å². The molecule has 0 bridgehead atoms. The predicted molar refractivity (Wildman–Crippen MR) is 74.5 cm³/mol. The minimum absolute atomic E-state index is 0.0664. The van der Waals surface area contributed by atoms with Gasteiger partial charge in [0, 0.05) is 26.1 Å². The van der Waals surface area contributed by atoms with Gasteiger partial charge in [0.05, 0.1) is 6.10 Å². The minimum atomic E-state index is -1.08. The maximum Gasteiger partial charge on any atom is 0.326 e. The van der Waals surface area contributed by atoms with E-state index in [1.165, 1.54) is 4.90 Å². The van der Waals surface area contributed by atoms with Crippen molar-refractivity contribution in [3.63, 3.8) is 0 Å². The minimum Gasteiger partial charge on any atom is -0.480 e. The maximum absolute atomic E-state index is 12.1. The second kappa shape index (κ2) is 6.41. The van der Waals surface area contributed by atoms with Gasteiger partial charge in [0.1, 0.15) is 6.04 Å². The summed E-state index contributed by atoms with van der Waals surface area (Å²) in [6.45, 7) is 5.37. The molecular formula is C13H25N3O4. The summed E-state index contributed by atoms with van der Waals surface area (Å²) in [7, 11) is 3.92. The highest BCUT2D eigenvalue weighted by molar-refractivity contribution is 5.83. The third kappa shape index (κ3) is 4.64. The summed E-state index contributed by atoms with van der Waals surface area (Å²) < 4.78 is 0. The standard InChI is InChI=1S/C13H25N3O4/c1-13(2,8-15(3)4)7-14-12(20)16-6-9(17)5-10(16)11(18)19/h9-10,17H,5-8H2,1-4H3,(H,14,20)(H,18,19)/t9-,10+/m1/s1. The molecular weight excluding hydrogens is 262 g/mol. The van der Waals surface area contributed by atoms with E-state index in [1.807, 2.05) is 32.8 Å². The second-order valence-electron chi connectivity index (χ2n) is 6.46. The number of aliphatic carboxylic acids is 1. The van der Waals surface area contributed by atoms with Gasteiger partial charge in [0.2, 0.25) is 0 Å². The Hall–Kier alpha value is -1.34. The SMILES string of the molecule is CN(C)CC(C)(C)CNC(=O)N1C[C@H](O)C[C@H]1C(=O)O. The van der Waals surface area contributed by atoms with Crippen LogP contribution in [-0.2, 0) is 4.79 Å². The Bertz CT molecular complexity index is 371. The first-order valence-electron chi connectivity index (χ1n) is 6.72. The van der Waals surface area contributed by atoms with Crippen LogP contribution >= 0.6 is 0 Å². The van der Waals surface area contributed by atoms with Crippen molar-refractivity contribution in [1.82, 2.24) is 15.1 Å². The highest BCUT2D eigenvalue weighted by atomic mass is 16.4. The molecule has 1 aliphatic rings. The molecule has 0 aromatic carbocycles. The second-order valence-corrected chi connectivity index (χ2v) is 6.46. The lowest BCUT2D eigenvalue weighted by atomic mass is 9.93. The summed E-state index contributed by atoms with van der Waals surface area (Å²) in [4.78, 5) is 26.4. The largest absolute Gasteiger partial charge is 0.480 e. The molecule has 3 N–H and O–H groups in total. The van der Waals surface area contributed by atoms with Gasteiger partial charge in [-0.25, -0.2) is 9.59 Å². The number of β-amino-alcohol motifs (C(OH)–C–C–N with tert-alkyl or cyclic N) is 1. The van der Waals surface area contributed by atoms with E-state index in [9.17, 15) is 14.7 Å². The van der Waals surface area contributed by atoms with Crippen LogP contribution in [-0.4, -0.2) is 77.9 Å². The van der Waals surface area contributed by atoms with Crippen LogP contribution in [0.2, 0.25) is 0 Å². The Kier molecular flexibility index (Phi) is 5.35. The Morgan fingerprint density at radius 3 is 2.50 bits per heavy atom. The van der Waals surface area contributed by atoms with E-state index in [1.54, 1.807) is 0 Å². The normalized spacial score (nSPS) is 23.2. The zero-order valence-electron chi connectivity index (χ0n) is 12.6. The number of rotatable bonds is 5. The highest BCUT2D eigenvalue weighted by Crippen LogP contribution is 2.19. The number of carboxylic acid groups (broad SMARTS) is 1. The zero-order valence-corrected chi connectivity index (χ0v) is 12.6. The molecule has 20 heavy (non-hydrogen) atoms. The lowest BCUT2D eigenvalue weighted by Gasteiger charge is -2.30. The van der Waals surface area contributed by atoms with E-state index in [4.69, 9.17) is 5.11 Å². The maximum atomic E-state index is 12.1. The summed E-state index contributed by atoms with van der Waals surface area (Å²) in [5, 5.41) is 21.3. The Morgan fingerprint density at radius 1 is 1.40 bits per heavy atom. The van der Waals surface area contributed by atoms with Crippen molar-refractivity contribution in [1.29, 1.82) is 0 Å². The summed E-state index contributed by atoms with van der Waals surface area (Å²) in [5.41, 5.74) is -0.115. The lowest BCUT2D eigenvalue weighted by Crippen LogP contribution is -2.49. The molecule has 0 aromatic heterocycles. The number of likely N-dealkylation sites (tertiary alicyclic amines) is 1. The van der Waals surface area contributed by atoms with Crippen molar-refractivity contribution < 1.29 is 19.8 Å². The van der Waals surface area contributed by atoms with Gasteiger partial charge in [-0.3, -0.25) is 0 Å². The van der Waals surface area contributed by atoms with E-state index in [0.717, 1.165) is 6.54 Å². The molecule has 2 amide bonds. The monoisotopic (exact) mass is 287 g/mol. The van der Waals surface area contributed by atoms with Gasteiger partial charge >= 0.3 is 12.0 Å². The molecule has 0 unspecified atom stereocenters. The number of nitrogens with zero attached hydrogens (tertiary/aromatic N) is 2. The highest BCUT2D eigenvalue weighted by Gasteiger charge is 2.39. The molecule has 1 aliphatic heterocycles. The Labute approximate surface area is 119 Å². The van der Waals surface area contributed by atoms with Crippen molar-refractivity contribution in [2.45, 2.75) is 32.4 Å². The molecule has 1 fully saturated rings.